The van der Waals surface area contributed by atoms with Crippen molar-refractivity contribution >= 4 is 11.8 Å². The van der Waals surface area contributed by atoms with Gasteiger partial charge in [0.25, 0.3) is 11.8 Å². The molecular weight excluding hydrogens is 368 g/mol. The number of ether oxygens (including phenoxy) is 1. The molecule has 154 valence electrons. The Labute approximate surface area is 171 Å². The van der Waals surface area contributed by atoms with Crippen molar-refractivity contribution < 1.29 is 14.3 Å². The van der Waals surface area contributed by atoms with Crippen molar-refractivity contribution in [3.8, 4) is 5.75 Å². The lowest BCUT2D eigenvalue weighted by atomic mass is 10.2. The van der Waals surface area contributed by atoms with E-state index in [4.69, 9.17) is 4.74 Å². The van der Waals surface area contributed by atoms with E-state index in [-0.39, 0.29) is 18.0 Å². The van der Waals surface area contributed by atoms with Crippen LogP contribution in [0.3, 0.4) is 0 Å². The largest absolute Gasteiger partial charge is 0.497 e. The number of carbonyl (C=O) groups is 2. The van der Waals surface area contributed by atoms with E-state index in [1.165, 1.54) is 0 Å². The van der Waals surface area contributed by atoms with Gasteiger partial charge in [0, 0.05) is 37.3 Å². The summed E-state index contributed by atoms with van der Waals surface area (Å²) in [6.45, 7) is 3.82. The second kappa shape index (κ2) is 10.0. The maximum absolute atomic E-state index is 12.8. The van der Waals surface area contributed by atoms with Crippen molar-refractivity contribution in [2.75, 3.05) is 46.9 Å². The number of piperazine rings is 1. The third-order valence-corrected chi connectivity index (χ3v) is 5.12. The Hall–Kier alpha value is -2.90. The minimum absolute atomic E-state index is 0.150. The number of hydrogen-bond acceptors (Lipinski definition) is 5. The Morgan fingerprint density at radius 1 is 0.931 bits per heavy atom. The van der Waals surface area contributed by atoms with E-state index in [1.54, 1.807) is 43.5 Å². The molecule has 1 unspecified atom stereocenters. The van der Waals surface area contributed by atoms with Gasteiger partial charge < -0.3 is 20.3 Å². The van der Waals surface area contributed by atoms with Crippen molar-refractivity contribution in [2.24, 2.45) is 0 Å². The number of benzene rings is 2. The molecule has 29 heavy (non-hydrogen) atoms. The molecule has 2 N–H and O–H groups in total. The van der Waals surface area contributed by atoms with Crippen LogP contribution >= 0.6 is 0 Å². The smallest absolute Gasteiger partial charge is 0.252 e. The molecule has 0 bridgehead atoms. The predicted octanol–water partition coefficient (Wildman–Crippen LogP) is 1.43. The van der Waals surface area contributed by atoms with Crippen LogP contribution in [0.25, 0.3) is 0 Å². The van der Waals surface area contributed by atoms with Crippen molar-refractivity contribution in [2.45, 2.75) is 6.17 Å². The van der Waals surface area contributed by atoms with Gasteiger partial charge in [-0.2, -0.15) is 0 Å². The molecule has 2 aromatic rings. The normalized spacial score (nSPS) is 16.1. The van der Waals surface area contributed by atoms with E-state index in [9.17, 15) is 9.59 Å². The Balaban J connectivity index is 1.66. The number of hydrogen-bond donors (Lipinski definition) is 2. The highest BCUT2D eigenvalue weighted by molar-refractivity contribution is 5.95. The molecule has 1 aliphatic rings. The summed E-state index contributed by atoms with van der Waals surface area (Å²) in [6, 6.07) is 16.1. The van der Waals surface area contributed by atoms with Gasteiger partial charge >= 0.3 is 0 Å². The molecule has 0 aliphatic carbocycles. The topological polar surface area (TPSA) is 73.9 Å². The van der Waals surface area contributed by atoms with Crippen LogP contribution in [0.1, 0.15) is 20.7 Å². The molecule has 0 aromatic heterocycles. The minimum atomic E-state index is -0.286. The fourth-order valence-electron chi connectivity index (χ4n) is 3.26. The molecule has 1 aliphatic heterocycles. The zero-order chi connectivity index (χ0) is 20.6. The van der Waals surface area contributed by atoms with Crippen LogP contribution in [0, 0.1) is 0 Å². The van der Waals surface area contributed by atoms with E-state index >= 15 is 0 Å². The molecular formula is C22H28N4O3. The average molecular weight is 396 g/mol. The van der Waals surface area contributed by atoms with Gasteiger partial charge in [0.05, 0.1) is 19.8 Å². The van der Waals surface area contributed by atoms with Gasteiger partial charge in [0.1, 0.15) is 5.75 Å². The number of methoxy groups -OCH3 is 1. The van der Waals surface area contributed by atoms with Crippen molar-refractivity contribution in [1.29, 1.82) is 0 Å². The van der Waals surface area contributed by atoms with Crippen LogP contribution in [0.4, 0.5) is 0 Å². The summed E-state index contributed by atoms with van der Waals surface area (Å²) in [7, 11) is 3.67. The van der Waals surface area contributed by atoms with Gasteiger partial charge in [0.15, 0.2) is 0 Å². The first-order valence-corrected chi connectivity index (χ1v) is 9.77. The van der Waals surface area contributed by atoms with Gasteiger partial charge in [-0.05, 0) is 43.4 Å². The Morgan fingerprint density at radius 3 is 2.17 bits per heavy atom. The maximum Gasteiger partial charge on any atom is 0.252 e. The molecule has 7 heteroatoms. The highest BCUT2D eigenvalue weighted by Crippen LogP contribution is 2.12. The summed E-state index contributed by atoms with van der Waals surface area (Å²) in [6.07, 6.45) is -0.286. The van der Waals surface area contributed by atoms with Crippen LogP contribution in [0.5, 0.6) is 5.75 Å². The van der Waals surface area contributed by atoms with Gasteiger partial charge in [-0.15, -0.1) is 0 Å². The number of likely N-dealkylation sites (N-methyl/N-ethyl adjacent to an activating group) is 1. The molecule has 1 saturated heterocycles. The number of amides is 2. The third kappa shape index (κ3) is 5.79. The number of rotatable bonds is 7. The number of nitrogens with zero attached hydrogens (tertiary/aromatic N) is 2. The lowest BCUT2D eigenvalue weighted by molar-refractivity contribution is 0.0692. The van der Waals surface area contributed by atoms with Crippen molar-refractivity contribution in [3.63, 3.8) is 0 Å². The molecule has 0 radical (unpaired) electrons. The Morgan fingerprint density at radius 2 is 1.55 bits per heavy atom. The summed E-state index contributed by atoms with van der Waals surface area (Å²) in [5.41, 5.74) is 1.16. The third-order valence-electron chi connectivity index (χ3n) is 5.12. The lowest BCUT2D eigenvalue weighted by Gasteiger charge is -2.38. The second-order valence-corrected chi connectivity index (χ2v) is 7.13. The lowest BCUT2D eigenvalue weighted by Crippen LogP contribution is -2.59. The number of carbonyl (C=O) groups excluding carboxylic acids is 2. The summed E-state index contributed by atoms with van der Waals surface area (Å²) in [5.74, 6) is 0.376. The first kappa shape index (κ1) is 20.8. The van der Waals surface area contributed by atoms with Gasteiger partial charge in [0.2, 0.25) is 0 Å². The molecule has 0 saturated carbocycles. The molecule has 7 nitrogen and oxygen atoms in total. The van der Waals surface area contributed by atoms with Crippen LogP contribution in [0.15, 0.2) is 54.6 Å². The SMILES string of the molecule is COc1ccc(C(=O)NC(CNC(=O)c2ccccc2)N2CCN(C)CC2)cc1. The zero-order valence-corrected chi connectivity index (χ0v) is 16.9. The van der Waals surface area contributed by atoms with E-state index in [2.05, 4.69) is 27.5 Å². The molecule has 1 atom stereocenters. The average Bonchev–Trinajstić information content (AvgIpc) is 2.77. The molecule has 1 heterocycles. The summed E-state index contributed by atoms with van der Waals surface area (Å²) in [5, 5.41) is 6.03. The van der Waals surface area contributed by atoms with Gasteiger partial charge in [-0.3, -0.25) is 14.5 Å². The molecule has 3 rings (SSSR count). The zero-order valence-electron chi connectivity index (χ0n) is 16.9. The van der Waals surface area contributed by atoms with E-state index in [0.29, 0.717) is 23.4 Å². The summed E-state index contributed by atoms with van der Waals surface area (Å²) < 4.78 is 5.15. The fraction of sp³-hybridized carbons (Fsp3) is 0.364. The first-order valence-electron chi connectivity index (χ1n) is 9.77. The van der Waals surface area contributed by atoms with E-state index in [1.807, 2.05) is 18.2 Å². The molecule has 0 spiro atoms. The first-order chi connectivity index (χ1) is 14.1. The molecule has 1 fully saturated rings. The highest BCUT2D eigenvalue weighted by atomic mass is 16.5. The Kier molecular flexibility index (Phi) is 7.21. The van der Waals surface area contributed by atoms with Gasteiger partial charge in [-0.1, -0.05) is 18.2 Å². The highest BCUT2D eigenvalue weighted by Gasteiger charge is 2.25. The minimum Gasteiger partial charge on any atom is -0.497 e. The summed E-state index contributed by atoms with van der Waals surface area (Å²) in [4.78, 5) is 29.7. The van der Waals surface area contributed by atoms with Crippen LogP contribution in [-0.4, -0.2) is 74.7 Å². The quantitative estimate of drug-likeness (QED) is 0.741. The maximum atomic E-state index is 12.8. The monoisotopic (exact) mass is 396 g/mol. The van der Waals surface area contributed by atoms with E-state index < -0.39 is 0 Å². The fourth-order valence-corrected chi connectivity index (χ4v) is 3.26. The summed E-state index contributed by atoms with van der Waals surface area (Å²) >= 11 is 0. The second-order valence-electron chi connectivity index (χ2n) is 7.13. The van der Waals surface area contributed by atoms with Crippen molar-refractivity contribution in [1.82, 2.24) is 20.4 Å². The van der Waals surface area contributed by atoms with Crippen LogP contribution in [0.2, 0.25) is 0 Å². The molecule has 2 amide bonds. The van der Waals surface area contributed by atoms with E-state index in [0.717, 1.165) is 26.2 Å². The predicted molar refractivity (Wildman–Crippen MR) is 112 cm³/mol. The molecule has 2 aromatic carbocycles. The van der Waals surface area contributed by atoms with Crippen LogP contribution in [-0.2, 0) is 0 Å². The van der Waals surface area contributed by atoms with Crippen molar-refractivity contribution in [3.05, 3.63) is 65.7 Å². The van der Waals surface area contributed by atoms with Crippen LogP contribution < -0.4 is 15.4 Å². The number of nitrogens with one attached hydrogen (secondary N) is 2. The Bertz CT molecular complexity index is 803. The van der Waals surface area contributed by atoms with Gasteiger partial charge in [-0.25, -0.2) is 0 Å². The standard InChI is InChI=1S/C22H28N4O3/c1-25-12-14-26(15-13-25)20(16-23-21(27)17-6-4-3-5-7-17)24-22(28)18-8-10-19(29-2)11-9-18/h3-11,20H,12-16H2,1-2H3,(H,23,27)(H,24,28).